The van der Waals surface area contributed by atoms with Crippen LogP contribution < -0.4 is 5.32 Å². The molecule has 1 atom stereocenters. The van der Waals surface area contributed by atoms with Crippen LogP contribution in [0.5, 0.6) is 0 Å². The molecule has 0 bridgehead atoms. The summed E-state index contributed by atoms with van der Waals surface area (Å²) < 4.78 is 5.45. The second kappa shape index (κ2) is 11.2. The Bertz CT molecular complexity index is 985. The largest absolute Gasteiger partial charge is 0.463 e. The number of carbonyl (C=O) groups is 3. The molecule has 4 rings (SSSR count). The summed E-state index contributed by atoms with van der Waals surface area (Å²) in [4.78, 5) is 44.9. The van der Waals surface area contributed by atoms with Gasteiger partial charge in [0, 0.05) is 51.4 Å². The van der Waals surface area contributed by atoms with E-state index < -0.39 is 12.0 Å². The average Bonchev–Trinajstić information content (AvgIpc) is 3.28. The minimum atomic E-state index is -0.569. The topological polar surface area (TPSA) is 82.2 Å². The Morgan fingerprint density at radius 2 is 1.86 bits per heavy atom. The second-order valence-corrected chi connectivity index (χ2v) is 9.87. The number of nitrogens with one attached hydrogen (secondary N) is 1. The zero-order valence-corrected chi connectivity index (χ0v) is 21.2. The van der Waals surface area contributed by atoms with Gasteiger partial charge in [-0.15, -0.1) is 0 Å². The van der Waals surface area contributed by atoms with Gasteiger partial charge < -0.3 is 15.0 Å². The van der Waals surface area contributed by atoms with Crippen molar-refractivity contribution in [3.63, 3.8) is 0 Å². The van der Waals surface area contributed by atoms with Crippen molar-refractivity contribution in [2.45, 2.75) is 52.0 Å². The van der Waals surface area contributed by atoms with Crippen molar-refractivity contribution < 1.29 is 19.1 Å². The molecule has 8 heteroatoms. The van der Waals surface area contributed by atoms with E-state index in [2.05, 4.69) is 10.2 Å². The van der Waals surface area contributed by atoms with E-state index in [0.29, 0.717) is 36.8 Å². The Morgan fingerprint density at radius 1 is 1.09 bits per heavy atom. The number of urea groups is 1. The van der Waals surface area contributed by atoms with Gasteiger partial charge in [0.05, 0.1) is 18.2 Å². The lowest BCUT2D eigenvalue weighted by Gasteiger charge is -2.36. The maximum Gasteiger partial charge on any atom is 0.338 e. The monoisotopic (exact) mass is 482 g/mol. The van der Waals surface area contributed by atoms with E-state index in [-0.39, 0.29) is 18.6 Å². The molecule has 2 fully saturated rings. The van der Waals surface area contributed by atoms with Gasteiger partial charge in [0.1, 0.15) is 0 Å². The summed E-state index contributed by atoms with van der Waals surface area (Å²) in [5.41, 5.74) is 3.05. The lowest BCUT2D eigenvalue weighted by Crippen LogP contribution is -2.49. The maximum absolute atomic E-state index is 13.2. The van der Waals surface area contributed by atoms with Crippen molar-refractivity contribution in [2.24, 2.45) is 5.92 Å². The quantitative estimate of drug-likeness (QED) is 0.630. The predicted molar refractivity (Wildman–Crippen MR) is 133 cm³/mol. The van der Waals surface area contributed by atoms with E-state index in [0.717, 1.165) is 56.3 Å². The van der Waals surface area contributed by atoms with Crippen LogP contribution in [-0.4, -0.2) is 79.0 Å². The molecule has 190 valence electrons. The fraction of sp³-hybridized carbons (Fsp3) is 0.593. The van der Waals surface area contributed by atoms with Gasteiger partial charge in [-0.25, -0.2) is 9.59 Å². The zero-order chi connectivity index (χ0) is 24.9. The number of ether oxygens (including phenoxy) is 1. The standard InChI is InChI=1S/C27H38N4O4/c1-4-35-26(33)23-22(29(3)27(34)28-24(23)21-12-7-9-19(2)17-21)18-30-13-8-14-31(16-15-30)25(32)20-10-5-6-11-20/h7,9,12,17,20,24H,4-6,8,10-11,13-16,18H2,1-3H3,(H,28,34). The van der Waals surface area contributed by atoms with E-state index in [1.807, 2.05) is 36.1 Å². The number of hydrogen-bond acceptors (Lipinski definition) is 5. The molecule has 0 radical (unpaired) electrons. The highest BCUT2D eigenvalue weighted by Crippen LogP contribution is 2.32. The number of nitrogens with zero attached hydrogens (tertiary/aromatic N) is 3. The molecule has 3 amide bonds. The molecule has 1 saturated carbocycles. The number of carbonyl (C=O) groups excluding carboxylic acids is 3. The van der Waals surface area contributed by atoms with E-state index in [1.54, 1.807) is 14.0 Å². The SMILES string of the molecule is CCOC(=O)C1=C(CN2CCCN(C(=O)C3CCCC3)CC2)N(C)C(=O)NC1c1cccc(C)c1. The molecule has 1 saturated heterocycles. The molecule has 1 aromatic rings. The van der Waals surface area contributed by atoms with Crippen molar-refractivity contribution in [3.05, 3.63) is 46.7 Å². The van der Waals surface area contributed by atoms with Gasteiger partial charge in [0.2, 0.25) is 5.91 Å². The summed E-state index contributed by atoms with van der Waals surface area (Å²) in [7, 11) is 1.70. The number of likely N-dealkylation sites (N-methyl/N-ethyl adjacent to an activating group) is 1. The molecule has 1 aromatic carbocycles. The maximum atomic E-state index is 13.2. The second-order valence-electron chi connectivity index (χ2n) is 9.87. The van der Waals surface area contributed by atoms with Crippen molar-refractivity contribution >= 4 is 17.9 Å². The highest BCUT2D eigenvalue weighted by atomic mass is 16.5. The first-order chi connectivity index (χ1) is 16.9. The van der Waals surface area contributed by atoms with Crippen molar-refractivity contribution in [1.82, 2.24) is 20.0 Å². The van der Waals surface area contributed by atoms with Gasteiger partial charge in [-0.1, -0.05) is 42.7 Å². The summed E-state index contributed by atoms with van der Waals surface area (Å²) in [6.45, 7) is 7.44. The van der Waals surface area contributed by atoms with E-state index in [1.165, 1.54) is 4.90 Å². The molecule has 0 aromatic heterocycles. The first-order valence-electron chi connectivity index (χ1n) is 12.9. The normalized spacial score (nSPS) is 22.3. The summed E-state index contributed by atoms with van der Waals surface area (Å²) in [6.07, 6.45) is 5.19. The lowest BCUT2D eigenvalue weighted by molar-refractivity contribution is -0.139. The summed E-state index contributed by atoms with van der Waals surface area (Å²) in [5.74, 6) is 0.0705. The molecular formula is C27H38N4O4. The number of rotatable bonds is 6. The summed E-state index contributed by atoms with van der Waals surface area (Å²) in [6, 6.07) is 7.03. The van der Waals surface area contributed by atoms with E-state index in [4.69, 9.17) is 4.74 Å². The van der Waals surface area contributed by atoms with Crippen LogP contribution in [0.4, 0.5) is 4.79 Å². The average molecular weight is 483 g/mol. The minimum Gasteiger partial charge on any atom is -0.463 e. The zero-order valence-electron chi connectivity index (χ0n) is 21.2. The third-order valence-corrected chi connectivity index (χ3v) is 7.43. The summed E-state index contributed by atoms with van der Waals surface area (Å²) in [5, 5.41) is 2.99. The van der Waals surface area contributed by atoms with Crippen LogP contribution in [0.3, 0.4) is 0 Å². The van der Waals surface area contributed by atoms with Crippen LogP contribution in [0.15, 0.2) is 35.5 Å². The predicted octanol–water partition coefficient (Wildman–Crippen LogP) is 3.23. The number of esters is 1. The van der Waals surface area contributed by atoms with Crippen molar-refractivity contribution in [3.8, 4) is 0 Å². The fourth-order valence-electron chi connectivity index (χ4n) is 5.49. The molecule has 2 aliphatic heterocycles. The molecule has 1 aliphatic carbocycles. The Balaban J connectivity index is 1.58. The van der Waals surface area contributed by atoms with Gasteiger partial charge in [-0.05, 0) is 38.7 Å². The smallest absolute Gasteiger partial charge is 0.338 e. The first kappa shape index (κ1) is 25.2. The van der Waals surface area contributed by atoms with E-state index in [9.17, 15) is 14.4 Å². The van der Waals surface area contributed by atoms with Gasteiger partial charge in [-0.3, -0.25) is 14.6 Å². The van der Waals surface area contributed by atoms with Crippen LogP contribution in [0.2, 0.25) is 0 Å². The van der Waals surface area contributed by atoms with Gasteiger partial charge in [0.25, 0.3) is 0 Å². The Labute approximate surface area is 208 Å². The third kappa shape index (κ3) is 5.69. The Morgan fingerprint density at radius 3 is 2.57 bits per heavy atom. The molecule has 3 aliphatic rings. The lowest BCUT2D eigenvalue weighted by atomic mass is 9.93. The van der Waals surface area contributed by atoms with Crippen LogP contribution in [0.25, 0.3) is 0 Å². The van der Waals surface area contributed by atoms with Crippen molar-refractivity contribution in [2.75, 3.05) is 46.4 Å². The number of hydrogen-bond donors (Lipinski definition) is 1. The Kier molecular flexibility index (Phi) is 8.11. The molecule has 8 nitrogen and oxygen atoms in total. The number of aryl methyl sites for hydroxylation is 1. The number of benzene rings is 1. The third-order valence-electron chi connectivity index (χ3n) is 7.43. The molecule has 1 N–H and O–H groups in total. The minimum absolute atomic E-state index is 0.183. The highest BCUT2D eigenvalue weighted by molar-refractivity contribution is 5.95. The van der Waals surface area contributed by atoms with Crippen LogP contribution in [0.1, 0.15) is 56.2 Å². The fourth-order valence-corrected chi connectivity index (χ4v) is 5.49. The van der Waals surface area contributed by atoms with Gasteiger partial charge >= 0.3 is 12.0 Å². The molecule has 1 unspecified atom stereocenters. The molecule has 2 heterocycles. The summed E-state index contributed by atoms with van der Waals surface area (Å²) >= 11 is 0. The molecule has 35 heavy (non-hydrogen) atoms. The van der Waals surface area contributed by atoms with Crippen LogP contribution in [-0.2, 0) is 14.3 Å². The van der Waals surface area contributed by atoms with Gasteiger partial charge in [-0.2, -0.15) is 0 Å². The highest BCUT2D eigenvalue weighted by Gasteiger charge is 2.38. The first-order valence-corrected chi connectivity index (χ1v) is 12.9. The van der Waals surface area contributed by atoms with Crippen molar-refractivity contribution in [1.29, 1.82) is 0 Å². The van der Waals surface area contributed by atoms with E-state index >= 15 is 0 Å². The molecular weight excluding hydrogens is 444 g/mol. The van der Waals surface area contributed by atoms with Crippen LogP contribution >= 0.6 is 0 Å². The van der Waals surface area contributed by atoms with Crippen LogP contribution in [0, 0.1) is 12.8 Å². The molecule has 0 spiro atoms. The van der Waals surface area contributed by atoms with Gasteiger partial charge in [0.15, 0.2) is 0 Å². The Hall–Kier alpha value is -2.87. The number of amides is 3.